The number of rotatable bonds is 6. The van der Waals surface area contributed by atoms with Gasteiger partial charge in [0.1, 0.15) is 5.69 Å². The predicted molar refractivity (Wildman–Crippen MR) is 77.9 cm³/mol. The molecule has 7 nitrogen and oxygen atoms in total. The third-order valence-corrected chi connectivity index (χ3v) is 3.54. The van der Waals surface area contributed by atoms with Gasteiger partial charge in [-0.3, -0.25) is 10.1 Å². The number of aliphatic hydroxyl groups is 1. The van der Waals surface area contributed by atoms with E-state index < -0.39 is 4.92 Å². The van der Waals surface area contributed by atoms with E-state index in [1.165, 1.54) is 7.11 Å². The Morgan fingerprint density at radius 2 is 2.33 bits per heavy atom. The monoisotopic (exact) mass is 296 g/mol. The van der Waals surface area contributed by atoms with Gasteiger partial charge < -0.3 is 19.5 Å². The molecule has 7 heteroatoms. The molecule has 0 spiro atoms. The minimum absolute atomic E-state index is 0.0113. The molecule has 0 bridgehead atoms. The van der Waals surface area contributed by atoms with Gasteiger partial charge in [-0.15, -0.1) is 0 Å². The van der Waals surface area contributed by atoms with Gasteiger partial charge in [0.05, 0.1) is 31.4 Å². The maximum absolute atomic E-state index is 11.3. The number of hydrogen-bond donors (Lipinski definition) is 1. The van der Waals surface area contributed by atoms with Gasteiger partial charge in [-0.1, -0.05) is 6.07 Å². The number of benzene rings is 1. The second-order valence-electron chi connectivity index (χ2n) is 4.89. The molecule has 1 saturated heterocycles. The third kappa shape index (κ3) is 3.62. The molecule has 0 saturated carbocycles. The molecule has 0 aliphatic carbocycles. The van der Waals surface area contributed by atoms with Crippen LogP contribution >= 0.6 is 0 Å². The van der Waals surface area contributed by atoms with Gasteiger partial charge in [0, 0.05) is 13.1 Å². The van der Waals surface area contributed by atoms with Crippen LogP contribution in [0, 0.1) is 10.1 Å². The van der Waals surface area contributed by atoms with Crippen molar-refractivity contribution in [2.75, 3.05) is 38.3 Å². The van der Waals surface area contributed by atoms with Crippen LogP contribution in [0.4, 0.5) is 11.4 Å². The minimum atomic E-state index is -0.410. The van der Waals surface area contributed by atoms with Crippen molar-refractivity contribution < 1.29 is 19.5 Å². The van der Waals surface area contributed by atoms with Crippen molar-refractivity contribution in [3.05, 3.63) is 28.3 Å². The average Bonchev–Trinajstić information content (AvgIpc) is 2.52. The molecule has 0 unspecified atom stereocenters. The van der Waals surface area contributed by atoms with E-state index >= 15 is 0 Å². The van der Waals surface area contributed by atoms with Crippen molar-refractivity contribution >= 4 is 11.4 Å². The smallest absolute Gasteiger partial charge is 0.333 e. The molecule has 21 heavy (non-hydrogen) atoms. The average molecular weight is 296 g/mol. The number of anilines is 1. The molecule has 1 atom stereocenters. The molecule has 0 radical (unpaired) electrons. The van der Waals surface area contributed by atoms with E-state index in [-0.39, 0.29) is 24.1 Å². The molecule has 1 aliphatic heterocycles. The first-order chi connectivity index (χ1) is 10.2. The van der Waals surface area contributed by atoms with Crippen molar-refractivity contribution in [3.63, 3.8) is 0 Å². The molecule has 1 aliphatic rings. The van der Waals surface area contributed by atoms with E-state index in [4.69, 9.17) is 14.6 Å². The van der Waals surface area contributed by atoms with Crippen LogP contribution in [0.25, 0.3) is 0 Å². The van der Waals surface area contributed by atoms with Gasteiger partial charge in [0.15, 0.2) is 5.75 Å². The highest BCUT2D eigenvalue weighted by atomic mass is 16.6. The lowest BCUT2D eigenvalue weighted by molar-refractivity contribution is -0.385. The van der Waals surface area contributed by atoms with Crippen molar-refractivity contribution in [2.45, 2.75) is 18.9 Å². The summed E-state index contributed by atoms with van der Waals surface area (Å²) in [6.07, 6.45) is 1.77. The maximum atomic E-state index is 11.3. The summed E-state index contributed by atoms with van der Waals surface area (Å²) in [5.74, 6) is 0.260. The molecular formula is C14H20N2O5. The van der Waals surface area contributed by atoms with Crippen LogP contribution in [0.5, 0.6) is 5.75 Å². The molecule has 0 amide bonds. The highest BCUT2D eigenvalue weighted by Gasteiger charge is 2.28. The third-order valence-electron chi connectivity index (χ3n) is 3.54. The molecule has 1 aromatic carbocycles. The SMILES string of the molecule is COc1cccc(N2CCC[C@H](OCCO)C2)c1[N+](=O)[O-]. The Morgan fingerprint density at radius 1 is 1.52 bits per heavy atom. The number of nitro benzene ring substituents is 1. The topological polar surface area (TPSA) is 85.1 Å². The van der Waals surface area contributed by atoms with Gasteiger partial charge in [0.25, 0.3) is 0 Å². The van der Waals surface area contributed by atoms with E-state index in [1.54, 1.807) is 18.2 Å². The lowest BCUT2D eigenvalue weighted by atomic mass is 10.1. The number of nitro groups is 1. The van der Waals surface area contributed by atoms with Gasteiger partial charge in [-0.05, 0) is 25.0 Å². The summed E-state index contributed by atoms with van der Waals surface area (Å²) >= 11 is 0. The molecule has 2 rings (SSSR count). The highest BCUT2D eigenvalue weighted by molar-refractivity contribution is 5.70. The quantitative estimate of drug-likeness (QED) is 0.633. The van der Waals surface area contributed by atoms with E-state index in [9.17, 15) is 10.1 Å². The van der Waals surface area contributed by atoms with Crippen LogP contribution in [0.2, 0.25) is 0 Å². The fourth-order valence-electron chi connectivity index (χ4n) is 2.63. The Hall–Kier alpha value is -1.86. The summed E-state index contributed by atoms with van der Waals surface area (Å²) in [5, 5.41) is 20.2. The van der Waals surface area contributed by atoms with Crippen molar-refractivity contribution in [1.82, 2.24) is 0 Å². The van der Waals surface area contributed by atoms with Gasteiger partial charge in [-0.25, -0.2) is 0 Å². The Labute approximate surface area is 123 Å². The summed E-state index contributed by atoms with van der Waals surface area (Å²) in [7, 11) is 1.43. The van der Waals surface area contributed by atoms with Crippen LogP contribution in [0.1, 0.15) is 12.8 Å². The van der Waals surface area contributed by atoms with Gasteiger partial charge in [-0.2, -0.15) is 0 Å². The first-order valence-corrected chi connectivity index (χ1v) is 6.96. The predicted octanol–water partition coefficient (Wildman–Crippen LogP) is 1.58. The number of methoxy groups -OCH3 is 1. The summed E-state index contributed by atoms with van der Waals surface area (Å²) in [5.41, 5.74) is 0.541. The fourth-order valence-corrected chi connectivity index (χ4v) is 2.63. The number of nitrogens with zero attached hydrogens (tertiary/aromatic N) is 2. The van der Waals surface area contributed by atoms with Crippen LogP contribution in [0.3, 0.4) is 0 Å². The minimum Gasteiger partial charge on any atom is -0.490 e. The summed E-state index contributed by atoms with van der Waals surface area (Å²) in [6.45, 7) is 1.59. The van der Waals surface area contributed by atoms with Crippen molar-refractivity contribution in [3.8, 4) is 5.75 Å². The first kappa shape index (κ1) is 15.5. The zero-order valence-corrected chi connectivity index (χ0v) is 12.0. The van der Waals surface area contributed by atoms with E-state index in [1.807, 2.05) is 4.90 Å². The summed E-state index contributed by atoms with van der Waals surface area (Å²) in [4.78, 5) is 12.9. The van der Waals surface area contributed by atoms with Crippen LogP contribution in [0.15, 0.2) is 18.2 Å². The molecule has 1 N–H and O–H groups in total. The maximum Gasteiger partial charge on any atom is 0.333 e. The standard InChI is InChI=1S/C14H20N2O5/c1-20-13-6-2-5-12(14(13)16(18)19)15-7-3-4-11(10-15)21-9-8-17/h2,5-6,11,17H,3-4,7-10H2,1H3/t11-/m0/s1. The van der Waals surface area contributed by atoms with Crippen molar-refractivity contribution in [1.29, 1.82) is 0 Å². The number of hydrogen-bond acceptors (Lipinski definition) is 6. The second kappa shape index (κ2) is 7.24. The summed E-state index contributed by atoms with van der Waals surface area (Å²) in [6, 6.07) is 5.07. The van der Waals surface area contributed by atoms with E-state index in [2.05, 4.69) is 0 Å². The molecular weight excluding hydrogens is 276 g/mol. The van der Waals surface area contributed by atoms with Crippen LogP contribution < -0.4 is 9.64 Å². The number of piperidine rings is 1. The van der Waals surface area contributed by atoms with E-state index in [0.29, 0.717) is 18.8 Å². The molecule has 116 valence electrons. The number of aliphatic hydroxyl groups excluding tert-OH is 1. The lowest BCUT2D eigenvalue weighted by Gasteiger charge is -2.34. The molecule has 0 aromatic heterocycles. The largest absolute Gasteiger partial charge is 0.490 e. The normalized spacial score (nSPS) is 18.6. The van der Waals surface area contributed by atoms with Gasteiger partial charge in [0.2, 0.25) is 0 Å². The zero-order chi connectivity index (χ0) is 15.2. The fraction of sp³-hybridized carbons (Fsp3) is 0.571. The first-order valence-electron chi connectivity index (χ1n) is 6.96. The zero-order valence-electron chi connectivity index (χ0n) is 12.0. The molecule has 1 heterocycles. The highest BCUT2D eigenvalue weighted by Crippen LogP contribution is 2.38. The van der Waals surface area contributed by atoms with E-state index in [0.717, 1.165) is 19.4 Å². The molecule has 1 fully saturated rings. The Kier molecular flexibility index (Phi) is 5.35. The van der Waals surface area contributed by atoms with Crippen LogP contribution in [-0.2, 0) is 4.74 Å². The lowest BCUT2D eigenvalue weighted by Crippen LogP contribution is -2.40. The van der Waals surface area contributed by atoms with Gasteiger partial charge >= 0.3 is 5.69 Å². The second-order valence-corrected chi connectivity index (χ2v) is 4.89. The Balaban J connectivity index is 2.22. The van der Waals surface area contributed by atoms with Crippen molar-refractivity contribution in [2.24, 2.45) is 0 Å². The van der Waals surface area contributed by atoms with Crippen LogP contribution in [-0.4, -0.2) is 49.5 Å². The Morgan fingerprint density at radius 3 is 3.00 bits per heavy atom. The number of ether oxygens (including phenoxy) is 2. The summed E-state index contributed by atoms with van der Waals surface area (Å²) < 4.78 is 10.6. The Bertz CT molecular complexity index is 494. The number of para-hydroxylation sites is 1. The molecule has 1 aromatic rings.